The molecule has 3 aromatic rings. The molecule has 7 nitrogen and oxygen atoms in total. The van der Waals surface area contributed by atoms with Crippen molar-refractivity contribution in [3.05, 3.63) is 60.2 Å². The molecule has 1 fully saturated rings. The lowest BCUT2D eigenvalue weighted by Gasteiger charge is -2.38. The Morgan fingerprint density at radius 3 is 2.60 bits per heavy atom. The van der Waals surface area contributed by atoms with Crippen molar-refractivity contribution in [1.82, 2.24) is 29.7 Å². The van der Waals surface area contributed by atoms with Crippen LogP contribution in [0.15, 0.2) is 49.1 Å². The number of likely N-dealkylation sites (tertiary alicyclic amines) is 1. The number of para-hydroxylation sites is 1. The molecule has 1 aromatic carbocycles. The molecule has 158 valence electrons. The van der Waals surface area contributed by atoms with Crippen molar-refractivity contribution >= 4 is 5.91 Å². The lowest BCUT2D eigenvalue weighted by molar-refractivity contribution is -0.127. The van der Waals surface area contributed by atoms with Gasteiger partial charge in [0.2, 0.25) is 0 Å². The third-order valence-corrected chi connectivity index (χ3v) is 5.32. The molecule has 0 unspecified atom stereocenters. The van der Waals surface area contributed by atoms with E-state index in [0.29, 0.717) is 17.8 Å². The number of aromatic nitrogens is 5. The van der Waals surface area contributed by atoms with Crippen LogP contribution in [0, 0.1) is 0 Å². The highest BCUT2D eigenvalue weighted by molar-refractivity contribution is 5.98. The van der Waals surface area contributed by atoms with Gasteiger partial charge in [-0.3, -0.25) is 9.48 Å². The smallest absolute Gasteiger partial charge is 0.334 e. The zero-order valence-corrected chi connectivity index (χ0v) is 16.3. The largest absolute Gasteiger partial charge is 0.393 e. The predicted octanol–water partition coefficient (Wildman–Crippen LogP) is 3.43. The number of benzene rings is 1. The molecule has 30 heavy (non-hydrogen) atoms. The third-order valence-electron chi connectivity index (χ3n) is 5.32. The standard InChI is InChI=1S/C20H21F3N6O/c1-14-6-7-16(28-12-15(11-26-28)10-20(21,22)23)13-27(14)19(30)17-4-2-3-5-18(17)29-24-8-9-25-29/h2-5,8-9,11-12,14,16H,6-7,10,13H2,1H3/t14-,16-/m1/s1. The molecule has 0 saturated carbocycles. The summed E-state index contributed by atoms with van der Waals surface area (Å²) in [7, 11) is 0. The van der Waals surface area contributed by atoms with E-state index < -0.39 is 12.6 Å². The van der Waals surface area contributed by atoms with E-state index in [0.717, 1.165) is 12.8 Å². The average Bonchev–Trinajstić information content (AvgIpc) is 3.39. The van der Waals surface area contributed by atoms with Gasteiger partial charge in [0.1, 0.15) is 0 Å². The molecule has 0 bridgehead atoms. The topological polar surface area (TPSA) is 68.8 Å². The first-order chi connectivity index (χ1) is 14.3. The minimum absolute atomic E-state index is 0.00223. The zero-order valence-electron chi connectivity index (χ0n) is 16.3. The molecule has 1 aliphatic rings. The number of amides is 1. The van der Waals surface area contributed by atoms with Crippen LogP contribution in [-0.2, 0) is 6.42 Å². The normalized spacial score (nSPS) is 19.8. The molecule has 0 aliphatic carbocycles. The van der Waals surface area contributed by atoms with Gasteiger partial charge < -0.3 is 4.90 Å². The van der Waals surface area contributed by atoms with Crippen molar-refractivity contribution in [2.75, 3.05) is 6.54 Å². The van der Waals surface area contributed by atoms with E-state index in [-0.39, 0.29) is 23.6 Å². The fourth-order valence-corrected chi connectivity index (χ4v) is 3.81. The summed E-state index contributed by atoms with van der Waals surface area (Å²) in [6.45, 7) is 2.34. The lowest BCUT2D eigenvalue weighted by Crippen LogP contribution is -2.46. The molecule has 4 rings (SSSR count). The van der Waals surface area contributed by atoms with Crippen LogP contribution in [0.1, 0.15) is 41.7 Å². The molecule has 1 amide bonds. The lowest BCUT2D eigenvalue weighted by atomic mass is 9.98. The number of piperidine rings is 1. The summed E-state index contributed by atoms with van der Waals surface area (Å²) in [5, 5.41) is 12.4. The fraction of sp³-hybridized carbons (Fsp3) is 0.400. The SMILES string of the molecule is C[C@@H]1CC[C@@H](n2cc(CC(F)(F)F)cn2)CN1C(=O)c1ccccc1-n1nccn1. The predicted molar refractivity (Wildman–Crippen MR) is 102 cm³/mol. The van der Waals surface area contributed by atoms with Gasteiger partial charge in [0.25, 0.3) is 5.91 Å². The van der Waals surface area contributed by atoms with Crippen LogP contribution in [0.2, 0.25) is 0 Å². The number of halogens is 3. The number of carbonyl (C=O) groups excluding carboxylic acids is 1. The van der Waals surface area contributed by atoms with Gasteiger partial charge in [0.15, 0.2) is 0 Å². The van der Waals surface area contributed by atoms with E-state index in [1.165, 1.54) is 29.6 Å². The van der Waals surface area contributed by atoms with Crippen LogP contribution in [0.25, 0.3) is 5.69 Å². The van der Waals surface area contributed by atoms with Crippen molar-refractivity contribution in [1.29, 1.82) is 0 Å². The Kier molecular flexibility index (Phi) is 5.31. The Hall–Kier alpha value is -3.17. The van der Waals surface area contributed by atoms with Gasteiger partial charge in [-0.15, -0.1) is 0 Å². The second kappa shape index (κ2) is 7.92. The number of rotatable bonds is 4. The summed E-state index contributed by atoms with van der Waals surface area (Å²) < 4.78 is 39.5. The fourth-order valence-electron chi connectivity index (χ4n) is 3.81. The van der Waals surface area contributed by atoms with Crippen molar-refractivity contribution in [3.63, 3.8) is 0 Å². The van der Waals surface area contributed by atoms with Gasteiger partial charge in [-0.05, 0) is 37.5 Å². The van der Waals surface area contributed by atoms with Gasteiger partial charge in [0, 0.05) is 18.8 Å². The van der Waals surface area contributed by atoms with Gasteiger partial charge in [-0.2, -0.15) is 33.3 Å². The molecule has 1 aliphatic heterocycles. The summed E-state index contributed by atoms with van der Waals surface area (Å²) in [6, 6.07) is 6.91. The highest BCUT2D eigenvalue weighted by Gasteiger charge is 2.33. The van der Waals surface area contributed by atoms with Crippen molar-refractivity contribution < 1.29 is 18.0 Å². The van der Waals surface area contributed by atoms with Gasteiger partial charge in [-0.1, -0.05) is 12.1 Å². The third kappa shape index (κ3) is 4.22. The zero-order chi connectivity index (χ0) is 21.3. The highest BCUT2D eigenvalue weighted by Crippen LogP contribution is 2.29. The van der Waals surface area contributed by atoms with E-state index in [1.54, 1.807) is 27.8 Å². The summed E-state index contributed by atoms with van der Waals surface area (Å²) in [5.74, 6) is -0.164. The molecule has 0 radical (unpaired) electrons. The van der Waals surface area contributed by atoms with E-state index >= 15 is 0 Å². The van der Waals surface area contributed by atoms with Crippen LogP contribution >= 0.6 is 0 Å². The Morgan fingerprint density at radius 1 is 1.13 bits per heavy atom. The Morgan fingerprint density at radius 2 is 1.87 bits per heavy atom. The van der Waals surface area contributed by atoms with Crippen molar-refractivity contribution in [2.24, 2.45) is 0 Å². The minimum Gasteiger partial charge on any atom is -0.334 e. The van der Waals surface area contributed by atoms with Crippen LogP contribution in [0.4, 0.5) is 13.2 Å². The van der Waals surface area contributed by atoms with Crippen LogP contribution < -0.4 is 0 Å². The van der Waals surface area contributed by atoms with Gasteiger partial charge in [-0.25, -0.2) is 0 Å². The molecular formula is C20H21F3N6O. The number of alkyl halides is 3. The second-order valence-corrected chi connectivity index (χ2v) is 7.49. The Labute approximate surface area is 171 Å². The Bertz CT molecular complexity index is 1010. The van der Waals surface area contributed by atoms with Gasteiger partial charge in [0.05, 0.1) is 42.3 Å². The summed E-state index contributed by atoms with van der Waals surface area (Å²) in [6.07, 6.45) is 1.93. The summed E-state index contributed by atoms with van der Waals surface area (Å²) in [5.41, 5.74) is 1.17. The number of carbonyl (C=O) groups is 1. The van der Waals surface area contributed by atoms with Crippen LogP contribution in [-0.4, -0.2) is 54.3 Å². The molecular weight excluding hydrogens is 397 g/mol. The van der Waals surface area contributed by atoms with E-state index in [1.807, 2.05) is 13.0 Å². The maximum atomic E-state index is 13.4. The second-order valence-electron chi connectivity index (χ2n) is 7.49. The number of hydrogen-bond donors (Lipinski definition) is 0. The van der Waals surface area contributed by atoms with E-state index in [4.69, 9.17) is 0 Å². The van der Waals surface area contributed by atoms with Crippen molar-refractivity contribution in [3.8, 4) is 5.69 Å². The molecule has 2 aromatic heterocycles. The molecule has 3 heterocycles. The monoisotopic (exact) mass is 418 g/mol. The molecule has 0 N–H and O–H groups in total. The molecule has 1 saturated heterocycles. The molecule has 0 spiro atoms. The quantitative estimate of drug-likeness (QED) is 0.651. The van der Waals surface area contributed by atoms with Crippen LogP contribution in [0.5, 0.6) is 0 Å². The first-order valence-electron chi connectivity index (χ1n) is 9.68. The highest BCUT2D eigenvalue weighted by atomic mass is 19.4. The number of hydrogen-bond acceptors (Lipinski definition) is 4. The van der Waals surface area contributed by atoms with Gasteiger partial charge >= 0.3 is 6.18 Å². The maximum Gasteiger partial charge on any atom is 0.393 e. The summed E-state index contributed by atoms with van der Waals surface area (Å²) in [4.78, 5) is 16.5. The summed E-state index contributed by atoms with van der Waals surface area (Å²) >= 11 is 0. The average molecular weight is 418 g/mol. The number of nitrogens with zero attached hydrogens (tertiary/aromatic N) is 6. The molecule has 2 atom stereocenters. The maximum absolute atomic E-state index is 13.4. The van der Waals surface area contributed by atoms with E-state index in [9.17, 15) is 18.0 Å². The van der Waals surface area contributed by atoms with Crippen LogP contribution in [0.3, 0.4) is 0 Å². The van der Waals surface area contributed by atoms with E-state index in [2.05, 4.69) is 15.3 Å². The Balaban J connectivity index is 1.56. The first-order valence-corrected chi connectivity index (χ1v) is 9.68. The minimum atomic E-state index is -4.28. The van der Waals surface area contributed by atoms with Crippen molar-refractivity contribution in [2.45, 2.75) is 44.4 Å². The molecule has 10 heteroatoms. The first kappa shape index (κ1) is 20.1.